The Labute approximate surface area is 104 Å². The van der Waals surface area contributed by atoms with Gasteiger partial charge in [-0.2, -0.15) is 0 Å². The zero-order valence-electron chi connectivity index (χ0n) is 10.9. The van der Waals surface area contributed by atoms with Crippen LogP contribution in [0.3, 0.4) is 0 Å². The van der Waals surface area contributed by atoms with Crippen LogP contribution in [0.4, 0.5) is 0 Å². The molecule has 1 aliphatic carbocycles. The minimum Gasteiger partial charge on any atom is -0.395 e. The molecule has 1 fully saturated rings. The molecule has 0 bridgehead atoms. The molecule has 0 atom stereocenters. The Morgan fingerprint density at radius 2 is 2.06 bits per heavy atom. The van der Waals surface area contributed by atoms with Crippen molar-refractivity contribution in [3.05, 3.63) is 35.4 Å². The first kappa shape index (κ1) is 12.6. The second-order valence-electron chi connectivity index (χ2n) is 5.96. The van der Waals surface area contributed by atoms with Crippen LogP contribution in [0, 0.1) is 0 Å². The summed E-state index contributed by atoms with van der Waals surface area (Å²) in [6.45, 7) is 5.05. The fourth-order valence-electron chi connectivity index (χ4n) is 2.58. The van der Waals surface area contributed by atoms with Crippen molar-refractivity contribution in [1.82, 2.24) is 0 Å². The van der Waals surface area contributed by atoms with Gasteiger partial charge in [-0.15, -0.1) is 0 Å². The van der Waals surface area contributed by atoms with Crippen molar-refractivity contribution >= 4 is 0 Å². The molecular formula is C15H23NO. The highest BCUT2D eigenvalue weighted by molar-refractivity contribution is 5.35. The summed E-state index contributed by atoms with van der Waals surface area (Å²) in [6.07, 6.45) is 3.68. The van der Waals surface area contributed by atoms with Gasteiger partial charge in [-0.25, -0.2) is 0 Å². The molecule has 1 aromatic rings. The van der Waals surface area contributed by atoms with Gasteiger partial charge >= 0.3 is 0 Å². The van der Waals surface area contributed by atoms with Gasteiger partial charge in [0.1, 0.15) is 0 Å². The van der Waals surface area contributed by atoms with Crippen molar-refractivity contribution < 1.29 is 5.11 Å². The maximum absolute atomic E-state index is 9.44. The second kappa shape index (κ2) is 4.43. The molecule has 2 heteroatoms. The molecule has 0 radical (unpaired) electrons. The number of aliphatic hydroxyl groups excluding tert-OH is 1. The third-order valence-corrected chi connectivity index (χ3v) is 4.35. The molecule has 0 saturated heterocycles. The van der Waals surface area contributed by atoms with Gasteiger partial charge in [-0.1, -0.05) is 44.5 Å². The van der Waals surface area contributed by atoms with E-state index in [2.05, 4.69) is 38.1 Å². The first-order valence-electron chi connectivity index (χ1n) is 6.46. The number of rotatable bonds is 4. The highest BCUT2D eigenvalue weighted by atomic mass is 16.3. The van der Waals surface area contributed by atoms with E-state index in [1.165, 1.54) is 30.4 Å². The monoisotopic (exact) mass is 233 g/mol. The topological polar surface area (TPSA) is 46.2 Å². The van der Waals surface area contributed by atoms with Gasteiger partial charge in [0.2, 0.25) is 0 Å². The first-order chi connectivity index (χ1) is 8.04. The van der Waals surface area contributed by atoms with Gasteiger partial charge in [0.15, 0.2) is 0 Å². The fraction of sp³-hybridized carbons (Fsp3) is 0.600. The summed E-state index contributed by atoms with van der Waals surface area (Å²) < 4.78 is 0. The maximum Gasteiger partial charge on any atom is 0.0522 e. The van der Waals surface area contributed by atoms with E-state index in [9.17, 15) is 5.11 Å². The van der Waals surface area contributed by atoms with Crippen molar-refractivity contribution in [3.63, 3.8) is 0 Å². The number of hydrogen-bond donors (Lipinski definition) is 2. The zero-order valence-corrected chi connectivity index (χ0v) is 10.9. The molecule has 2 nitrogen and oxygen atoms in total. The molecule has 1 aliphatic rings. The maximum atomic E-state index is 9.44. The SMILES string of the molecule is CC(C)(CO)c1cccc(C2(CN)CCC2)c1. The highest BCUT2D eigenvalue weighted by Gasteiger charge is 2.37. The van der Waals surface area contributed by atoms with E-state index in [4.69, 9.17) is 5.73 Å². The predicted molar refractivity (Wildman–Crippen MR) is 71.1 cm³/mol. The summed E-state index contributed by atoms with van der Waals surface area (Å²) >= 11 is 0. The van der Waals surface area contributed by atoms with Crippen LogP contribution in [-0.4, -0.2) is 18.3 Å². The van der Waals surface area contributed by atoms with E-state index in [0.29, 0.717) is 0 Å². The van der Waals surface area contributed by atoms with Crippen molar-refractivity contribution in [2.75, 3.05) is 13.2 Å². The van der Waals surface area contributed by atoms with Crippen LogP contribution in [0.5, 0.6) is 0 Å². The van der Waals surface area contributed by atoms with Crippen molar-refractivity contribution in [1.29, 1.82) is 0 Å². The van der Waals surface area contributed by atoms with Crippen LogP contribution in [0.2, 0.25) is 0 Å². The summed E-state index contributed by atoms with van der Waals surface area (Å²) in [6, 6.07) is 8.62. The van der Waals surface area contributed by atoms with Gasteiger partial charge in [0, 0.05) is 17.4 Å². The van der Waals surface area contributed by atoms with Crippen LogP contribution >= 0.6 is 0 Å². The predicted octanol–water partition coefficient (Wildman–Crippen LogP) is 2.34. The van der Waals surface area contributed by atoms with Crippen LogP contribution < -0.4 is 5.73 Å². The lowest BCUT2D eigenvalue weighted by molar-refractivity contribution is 0.217. The lowest BCUT2D eigenvalue weighted by Crippen LogP contribution is -2.41. The lowest BCUT2D eigenvalue weighted by atomic mass is 9.64. The molecule has 0 unspecified atom stereocenters. The Morgan fingerprint density at radius 3 is 2.53 bits per heavy atom. The number of benzene rings is 1. The molecule has 1 aromatic carbocycles. The molecule has 94 valence electrons. The molecule has 0 amide bonds. The summed E-state index contributed by atoms with van der Waals surface area (Å²) in [5, 5.41) is 9.44. The molecule has 2 rings (SSSR count). The normalized spacial score (nSPS) is 18.8. The Hall–Kier alpha value is -0.860. The third-order valence-electron chi connectivity index (χ3n) is 4.35. The van der Waals surface area contributed by atoms with Gasteiger partial charge < -0.3 is 10.8 Å². The molecule has 0 spiro atoms. The van der Waals surface area contributed by atoms with Crippen molar-refractivity contribution in [3.8, 4) is 0 Å². The minimum absolute atomic E-state index is 0.171. The quantitative estimate of drug-likeness (QED) is 0.838. The van der Waals surface area contributed by atoms with Crippen LogP contribution in [-0.2, 0) is 10.8 Å². The standard InChI is InChI=1S/C15H23NO/c1-14(2,11-17)12-5-3-6-13(9-12)15(10-16)7-4-8-15/h3,5-6,9,17H,4,7-8,10-11,16H2,1-2H3. The summed E-state index contributed by atoms with van der Waals surface area (Å²) in [5.41, 5.74) is 8.54. The van der Waals surface area contributed by atoms with E-state index in [1.807, 2.05) is 0 Å². The Morgan fingerprint density at radius 1 is 1.35 bits per heavy atom. The lowest BCUT2D eigenvalue weighted by Gasteiger charge is -2.42. The average Bonchev–Trinajstić information content (AvgIpc) is 2.29. The van der Waals surface area contributed by atoms with Crippen LogP contribution in [0.25, 0.3) is 0 Å². The summed E-state index contributed by atoms with van der Waals surface area (Å²) in [5.74, 6) is 0. The van der Waals surface area contributed by atoms with E-state index in [1.54, 1.807) is 0 Å². The molecule has 17 heavy (non-hydrogen) atoms. The minimum atomic E-state index is -0.171. The third kappa shape index (κ3) is 2.12. The fourth-order valence-corrected chi connectivity index (χ4v) is 2.58. The Bertz CT molecular complexity index is 388. The molecule has 0 aromatic heterocycles. The highest BCUT2D eigenvalue weighted by Crippen LogP contribution is 2.43. The van der Waals surface area contributed by atoms with Crippen molar-refractivity contribution in [2.45, 2.75) is 43.9 Å². The van der Waals surface area contributed by atoms with Crippen LogP contribution in [0.1, 0.15) is 44.2 Å². The van der Waals surface area contributed by atoms with Crippen molar-refractivity contribution in [2.24, 2.45) is 5.73 Å². The summed E-state index contributed by atoms with van der Waals surface area (Å²) in [4.78, 5) is 0. The van der Waals surface area contributed by atoms with Gasteiger partial charge in [0.25, 0.3) is 0 Å². The molecule has 1 saturated carbocycles. The van der Waals surface area contributed by atoms with E-state index >= 15 is 0 Å². The van der Waals surface area contributed by atoms with Crippen LogP contribution in [0.15, 0.2) is 24.3 Å². The number of aliphatic hydroxyl groups is 1. The first-order valence-corrected chi connectivity index (χ1v) is 6.46. The number of nitrogens with two attached hydrogens (primary N) is 1. The summed E-state index contributed by atoms with van der Waals surface area (Å²) in [7, 11) is 0. The van der Waals surface area contributed by atoms with Gasteiger partial charge in [0.05, 0.1) is 6.61 Å². The molecular weight excluding hydrogens is 210 g/mol. The molecule has 0 heterocycles. The molecule has 3 N–H and O–H groups in total. The molecule has 0 aliphatic heterocycles. The second-order valence-corrected chi connectivity index (χ2v) is 5.96. The number of hydrogen-bond acceptors (Lipinski definition) is 2. The van der Waals surface area contributed by atoms with Gasteiger partial charge in [-0.3, -0.25) is 0 Å². The zero-order chi connectivity index (χ0) is 12.5. The van der Waals surface area contributed by atoms with E-state index in [-0.39, 0.29) is 17.4 Å². The smallest absolute Gasteiger partial charge is 0.0522 e. The van der Waals surface area contributed by atoms with Gasteiger partial charge in [-0.05, 0) is 24.0 Å². The average molecular weight is 233 g/mol. The Kier molecular flexibility index (Phi) is 3.28. The Balaban J connectivity index is 2.35. The largest absolute Gasteiger partial charge is 0.395 e. The van der Waals surface area contributed by atoms with E-state index in [0.717, 1.165) is 6.54 Å². The van der Waals surface area contributed by atoms with E-state index < -0.39 is 0 Å².